The number of hydrogen-bond acceptors (Lipinski definition) is 1. The third-order valence-corrected chi connectivity index (χ3v) is 1.97. The van der Waals surface area contributed by atoms with E-state index in [0.29, 0.717) is 5.69 Å². The van der Waals surface area contributed by atoms with Crippen LogP contribution >= 0.6 is 11.6 Å². The molecule has 3 heteroatoms. The first-order valence-corrected chi connectivity index (χ1v) is 3.82. The summed E-state index contributed by atoms with van der Waals surface area (Å²) in [5.41, 5.74) is 0.456. The van der Waals surface area contributed by atoms with Crippen LogP contribution in [-0.2, 0) is 0 Å². The van der Waals surface area contributed by atoms with Crippen molar-refractivity contribution in [3.63, 3.8) is 0 Å². The lowest BCUT2D eigenvalue weighted by molar-refractivity contribution is 0.611. The molecular weight excluding hydrogens is 165 g/mol. The third kappa shape index (κ3) is 1.23. The molecule has 1 fully saturated rings. The number of nitrogens with zero attached hydrogens (tertiary/aromatic N) is 1. The van der Waals surface area contributed by atoms with Crippen molar-refractivity contribution in [1.29, 1.82) is 0 Å². The van der Waals surface area contributed by atoms with E-state index in [0.717, 1.165) is 18.8 Å². The fraction of sp³-hybridized carbons (Fsp3) is 0.250. The molecule has 0 atom stereocenters. The van der Waals surface area contributed by atoms with Crippen molar-refractivity contribution in [2.75, 3.05) is 0 Å². The molecule has 1 aromatic heterocycles. The van der Waals surface area contributed by atoms with E-state index in [-0.39, 0.29) is 10.8 Å². The van der Waals surface area contributed by atoms with Gasteiger partial charge in [-0.15, -0.1) is 0 Å². The van der Waals surface area contributed by atoms with Gasteiger partial charge in [-0.1, -0.05) is 11.6 Å². The van der Waals surface area contributed by atoms with Crippen molar-refractivity contribution in [1.82, 2.24) is 4.98 Å². The van der Waals surface area contributed by atoms with E-state index in [1.807, 2.05) is 0 Å². The largest absolute Gasteiger partial charge is 0.258 e. The van der Waals surface area contributed by atoms with E-state index in [4.69, 9.17) is 11.6 Å². The second kappa shape index (κ2) is 2.45. The molecule has 2 rings (SSSR count). The summed E-state index contributed by atoms with van der Waals surface area (Å²) in [6.45, 7) is 0. The van der Waals surface area contributed by atoms with Crippen LogP contribution in [0.4, 0.5) is 4.39 Å². The molecule has 0 spiro atoms. The maximum absolute atomic E-state index is 13.1. The molecule has 1 heterocycles. The molecule has 0 unspecified atom stereocenters. The van der Waals surface area contributed by atoms with E-state index in [1.165, 1.54) is 12.3 Å². The molecule has 57 valence electrons. The van der Waals surface area contributed by atoms with Crippen LogP contribution in [0.3, 0.4) is 0 Å². The minimum absolute atomic E-state index is 0.161. The summed E-state index contributed by atoms with van der Waals surface area (Å²) >= 11 is 5.56. The summed E-state index contributed by atoms with van der Waals surface area (Å²) in [5.74, 6) is 0.701. The van der Waals surface area contributed by atoms with Crippen LogP contribution in [0.15, 0.2) is 12.3 Å². The molecule has 1 aromatic rings. The molecule has 1 radical (unpaired) electrons. The fourth-order valence-electron chi connectivity index (χ4n) is 0.966. The highest BCUT2D eigenvalue weighted by Gasteiger charge is 2.29. The average molecular weight is 171 g/mol. The predicted molar refractivity (Wildman–Crippen MR) is 40.8 cm³/mol. The molecule has 0 N–H and O–H groups in total. The number of rotatable bonds is 1. The molecule has 1 saturated carbocycles. The summed E-state index contributed by atoms with van der Waals surface area (Å²) in [4.78, 5) is 3.90. The standard InChI is InChI=1S/C8H6ClFN/c9-6-3-4-11-8(7(6)10)5-1-2-5/h3-4H,1-2H2. The van der Waals surface area contributed by atoms with Gasteiger partial charge in [0.05, 0.1) is 10.7 Å². The van der Waals surface area contributed by atoms with E-state index in [2.05, 4.69) is 4.98 Å². The zero-order valence-corrected chi connectivity index (χ0v) is 6.53. The molecule has 0 aromatic carbocycles. The van der Waals surface area contributed by atoms with Crippen LogP contribution in [0.2, 0.25) is 5.02 Å². The van der Waals surface area contributed by atoms with Gasteiger partial charge in [0.2, 0.25) is 0 Å². The monoisotopic (exact) mass is 170 g/mol. The van der Waals surface area contributed by atoms with Crippen LogP contribution in [-0.4, -0.2) is 4.98 Å². The highest BCUT2D eigenvalue weighted by Crippen LogP contribution is 2.39. The Morgan fingerprint density at radius 1 is 1.45 bits per heavy atom. The number of aromatic nitrogens is 1. The Morgan fingerprint density at radius 2 is 2.18 bits per heavy atom. The van der Waals surface area contributed by atoms with Crippen LogP contribution in [0.25, 0.3) is 0 Å². The van der Waals surface area contributed by atoms with E-state index in [1.54, 1.807) is 0 Å². The van der Waals surface area contributed by atoms with Crippen molar-refractivity contribution in [3.05, 3.63) is 34.7 Å². The van der Waals surface area contributed by atoms with Crippen LogP contribution in [0, 0.1) is 11.7 Å². The minimum atomic E-state index is -0.373. The summed E-state index contributed by atoms with van der Waals surface area (Å²) in [5, 5.41) is 0.161. The van der Waals surface area contributed by atoms with Gasteiger partial charge < -0.3 is 0 Å². The molecule has 0 aliphatic heterocycles. The Balaban J connectivity index is 2.45. The number of hydrogen-bond donors (Lipinski definition) is 0. The van der Waals surface area contributed by atoms with Gasteiger partial charge in [-0.3, -0.25) is 4.98 Å². The first kappa shape index (κ1) is 7.04. The molecule has 11 heavy (non-hydrogen) atoms. The van der Waals surface area contributed by atoms with Crippen molar-refractivity contribution >= 4 is 11.6 Å². The van der Waals surface area contributed by atoms with E-state index in [9.17, 15) is 4.39 Å². The third-order valence-electron chi connectivity index (χ3n) is 1.68. The fourth-order valence-corrected chi connectivity index (χ4v) is 1.11. The topological polar surface area (TPSA) is 12.9 Å². The van der Waals surface area contributed by atoms with Gasteiger partial charge in [-0.05, 0) is 18.9 Å². The normalized spacial score (nSPS) is 16.9. The predicted octanol–water partition coefficient (Wildman–Crippen LogP) is 2.59. The van der Waals surface area contributed by atoms with Crippen molar-refractivity contribution in [2.24, 2.45) is 0 Å². The maximum atomic E-state index is 13.1. The van der Waals surface area contributed by atoms with Gasteiger partial charge in [-0.25, -0.2) is 4.39 Å². The smallest absolute Gasteiger partial charge is 0.163 e. The van der Waals surface area contributed by atoms with Gasteiger partial charge in [0, 0.05) is 12.1 Å². The molecule has 1 aliphatic carbocycles. The Labute approximate surface area is 69.2 Å². The van der Waals surface area contributed by atoms with Gasteiger partial charge >= 0.3 is 0 Å². The molecular formula is C8H6ClFN. The summed E-state index contributed by atoms with van der Waals surface area (Å²) < 4.78 is 13.1. The Hall–Kier alpha value is -0.630. The SMILES string of the molecule is Fc1c(Cl)ccnc1[C]1CC1. The van der Waals surface area contributed by atoms with Crippen LogP contribution in [0.5, 0.6) is 0 Å². The maximum Gasteiger partial charge on any atom is 0.163 e. The first-order chi connectivity index (χ1) is 5.29. The average Bonchev–Trinajstić information content (AvgIpc) is 2.77. The van der Waals surface area contributed by atoms with Crippen LogP contribution < -0.4 is 0 Å². The molecule has 0 bridgehead atoms. The van der Waals surface area contributed by atoms with Gasteiger partial charge in [-0.2, -0.15) is 0 Å². The number of pyridine rings is 1. The van der Waals surface area contributed by atoms with Crippen molar-refractivity contribution in [2.45, 2.75) is 12.8 Å². The van der Waals surface area contributed by atoms with Crippen molar-refractivity contribution < 1.29 is 4.39 Å². The quantitative estimate of drug-likeness (QED) is 0.632. The molecule has 1 nitrogen and oxygen atoms in total. The summed E-state index contributed by atoms with van der Waals surface area (Å²) in [6, 6.07) is 1.46. The molecule has 1 aliphatic rings. The van der Waals surface area contributed by atoms with Gasteiger partial charge in [0.1, 0.15) is 0 Å². The zero-order chi connectivity index (χ0) is 7.84. The summed E-state index contributed by atoms with van der Waals surface area (Å²) in [7, 11) is 0. The Kier molecular flexibility index (Phi) is 1.57. The first-order valence-electron chi connectivity index (χ1n) is 3.44. The highest BCUT2D eigenvalue weighted by molar-refractivity contribution is 6.30. The lowest BCUT2D eigenvalue weighted by atomic mass is 10.2. The second-order valence-corrected chi connectivity index (χ2v) is 2.97. The lowest BCUT2D eigenvalue weighted by Gasteiger charge is -1.98. The molecule has 0 amide bonds. The Morgan fingerprint density at radius 3 is 2.82 bits per heavy atom. The van der Waals surface area contributed by atoms with E-state index < -0.39 is 0 Å². The minimum Gasteiger partial charge on any atom is -0.258 e. The lowest BCUT2D eigenvalue weighted by Crippen LogP contribution is -1.92. The van der Waals surface area contributed by atoms with Crippen LogP contribution in [0.1, 0.15) is 18.5 Å². The number of halogens is 2. The van der Waals surface area contributed by atoms with Gasteiger partial charge in [0.25, 0.3) is 0 Å². The second-order valence-electron chi connectivity index (χ2n) is 2.56. The van der Waals surface area contributed by atoms with Crippen molar-refractivity contribution in [3.8, 4) is 0 Å². The summed E-state index contributed by atoms with van der Waals surface area (Å²) in [6.07, 6.45) is 3.46. The Bertz CT molecular complexity index is 283. The molecule has 0 saturated heterocycles. The van der Waals surface area contributed by atoms with Gasteiger partial charge in [0.15, 0.2) is 5.82 Å². The van der Waals surface area contributed by atoms with E-state index >= 15 is 0 Å². The highest BCUT2D eigenvalue weighted by atomic mass is 35.5. The zero-order valence-electron chi connectivity index (χ0n) is 5.77.